The summed E-state index contributed by atoms with van der Waals surface area (Å²) >= 11 is 0. The van der Waals surface area contributed by atoms with Crippen LogP contribution in [-0.2, 0) is 16.0 Å². The third kappa shape index (κ3) is 3.10. The SMILES string of the molecule is CCOC(=O)C(N)Cc1cnccn1. The first-order valence-corrected chi connectivity index (χ1v) is 4.41. The average molecular weight is 195 g/mol. The molecule has 0 fully saturated rings. The molecule has 0 amide bonds. The first kappa shape index (κ1) is 10.6. The highest BCUT2D eigenvalue weighted by molar-refractivity contribution is 5.75. The van der Waals surface area contributed by atoms with Gasteiger partial charge in [0.15, 0.2) is 0 Å². The summed E-state index contributed by atoms with van der Waals surface area (Å²) in [6.07, 6.45) is 5.07. The fourth-order valence-electron chi connectivity index (χ4n) is 0.993. The molecule has 1 heterocycles. The van der Waals surface area contributed by atoms with Crippen molar-refractivity contribution in [3.05, 3.63) is 24.3 Å². The van der Waals surface area contributed by atoms with Crippen LogP contribution in [0.1, 0.15) is 12.6 Å². The topological polar surface area (TPSA) is 78.1 Å². The standard InChI is InChI=1S/C9H13N3O2/c1-2-14-9(13)8(10)5-7-6-11-3-4-12-7/h3-4,6,8H,2,5,10H2,1H3. The van der Waals surface area contributed by atoms with Gasteiger partial charge < -0.3 is 10.5 Å². The van der Waals surface area contributed by atoms with E-state index in [0.717, 1.165) is 0 Å². The van der Waals surface area contributed by atoms with E-state index in [4.69, 9.17) is 10.5 Å². The third-order valence-corrected chi connectivity index (χ3v) is 1.64. The second-order valence-electron chi connectivity index (χ2n) is 2.76. The molecule has 1 rings (SSSR count). The van der Waals surface area contributed by atoms with Crippen LogP contribution in [0.3, 0.4) is 0 Å². The van der Waals surface area contributed by atoms with Crippen molar-refractivity contribution in [3.8, 4) is 0 Å². The number of carbonyl (C=O) groups is 1. The van der Waals surface area contributed by atoms with Crippen molar-refractivity contribution in [3.63, 3.8) is 0 Å². The van der Waals surface area contributed by atoms with E-state index in [1.54, 1.807) is 25.5 Å². The maximum Gasteiger partial charge on any atom is 0.323 e. The van der Waals surface area contributed by atoms with E-state index in [1.165, 1.54) is 0 Å². The lowest BCUT2D eigenvalue weighted by Crippen LogP contribution is -2.34. The normalized spacial score (nSPS) is 12.1. The summed E-state index contributed by atoms with van der Waals surface area (Å²) in [6, 6.07) is -0.661. The molecule has 0 aliphatic heterocycles. The molecule has 76 valence electrons. The molecule has 0 radical (unpaired) electrons. The maximum atomic E-state index is 11.2. The largest absolute Gasteiger partial charge is 0.465 e. The molecule has 1 unspecified atom stereocenters. The van der Waals surface area contributed by atoms with Crippen LogP contribution in [0.25, 0.3) is 0 Å². The molecule has 5 heteroatoms. The van der Waals surface area contributed by atoms with Crippen molar-refractivity contribution in [1.29, 1.82) is 0 Å². The molecule has 0 aromatic carbocycles. The summed E-state index contributed by atoms with van der Waals surface area (Å²) in [5, 5.41) is 0. The molecule has 2 N–H and O–H groups in total. The van der Waals surface area contributed by atoms with E-state index < -0.39 is 12.0 Å². The third-order valence-electron chi connectivity index (χ3n) is 1.64. The summed E-state index contributed by atoms with van der Waals surface area (Å²) in [5.74, 6) is -0.404. The van der Waals surface area contributed by atoms with Crippen molar-refractivity contribution in [1.82, 2.24) is 9.97 Å². The number of carbonyl (C=O) groups excluding carboxylic acids is 1. The Morgan fingerprint density at radius 1 is 1.64 bits per heavy atom. The van der Waals surface area contributed by atoms with E-state index >= 15 is 0 Å². The predicted octanol–water partition coefficient (Wildman–Crippen LogP) is -0.0905. The molecule has 0 saturated carbocycles. The van der Waals surface area contributed by atoms with Crippen molar-refractivity contribution < 1.29 is 9.53 Å². The first-order valence-electron chi connectivity index (χ1n) is 4.41. The van der Waals surface area contributed by atoms with Crippen LogP contribution in [-0.4, -0.2) is 28.6 Å². The van der Waals surface area contributed by atoms with Gasteiger partial charge in [-0.15, -0.1) is 0 Å². The van der Waals surface area contributed by atoms with Crippen LogP contribution < -0.4 is 5.73 Å². The predicted molar refractivity (Wildman–Crippen MR) is 50.3 cm³/mol. The molecular weight excluding hydrogens is 182 g/mol. The van der Waals surface area contributed by atoms with Gasteiger partial charge in [0, 0.05) is 25.0 Å². The zero-order valence-electron chi connectivity index (χ0n) is 8.01. The minimum absolute atomic E-state index is 0.340. The highest BCUT2D eigenvalue weighted by atomic mass is 16.5. The Morgan fingerprint density at radius 2 is 2.43 bits per heavy atom. The Kier molecular flexibility index (Phi) is 4.00. The highest BCUT2D eigenvalue weighted by Gasteiger charge is 2.15. The summed E-state index contributed by atoms with van der Waals surface area (Å²) in [4.78, 5) is 19.0. The second kappa shape index (κ2) is 5.29. The van der Waals surface area contributed by atoms with Crippen LogP contribution in [0.4, 0.5) is 0 Å². The number of esters is 1. The Hall–Kier alpha value is -1.49. The summed E-state index contributed by atoms with van der Waals surface area (Å²) in [7, 11) is 0. The number of nitrogens with zero attached hydrogens (tertiary/aromatic N) is 2. The number of hydrogen-bond donors (Lipinski definition) is 1. The van der Waals surface area contributed by atoms with Crippen LogP contribution in [0, 0.1) is 0 Å². The number of ether oxygens (including phenoxy) is 1. The fourth-order valence-corrected chi connectivity index (χ4v) is 0.993. The average Bonchev–Trinajstić information content (AvgIpc) is 2.19. The van der Waals surface area contributed by atoms with Crippen molar-refractivity contribution >= 4 is 5.97 Å². The summed E-state index contributed by atoms with van der Waals surface area (Å²) < 4.78 is 4.76. The zero-order chi connectivity index (χ0) is 10.4. The van der Waals surface area contributed by atoms with E-state index in [0.29, 0.717) is 18.7 Å². The van der Waals surface area contributed by atoms with Crippen molar-refractivity contribution in [2.75, 3.05) is 6.61 Å². The van der Waals surface area contributed by atoms with Gasteiger partial charge in [0.2, 0.25) is 0 Å². The van der Waals surface area contributed by atoms with Gasteiger partial charge in [-0.2, -0.15) is 0 Å². The van der Waals surface area contributed by atoms with Crippen LogP contribution in [0.2, 0.25) is 0 Å². The molecule has 5 nitrogen and oxygen atoms in total. The number of aromatic nitrogens is 2. The number of nitrogens with two attached hydrogens (primary N) is 1. The first-order chi connectivity index (χ1) is 6.74. The molecule has 1 atom stereocenters. The van der Waals surface area contributed by atoms with Gasteiger partial charge in [-0.25, -0.2) is 0 Å². The lowest BCUT2D eigenvalue weighted by molar-refractivity contribution is -0.144. The summed E-state index contributed by atoms with van der Waals surface area (Å²) in [5.41, 5.74) is 6.28. The van der Waals surface area contributed by atoms with Crippen LogP contribution >= 0.6 is 0 Å². The van der Waals surface area contributed by atoms with Gasteiger partial charge in [-0.05, 0) is 6.92 Å². The maximum absolute atomic E-state index is 11.2. The Balaban J connectivity index is 2.49. The second-order valence-corrected chi connectivity index (χ2v) is 2.76. The quantitative estimate of drug-likeness (QED) is 0.679. The van der Waals surface area contributed by atoms with Crippen LogP contribution in [0.5, 0.6) is 0 Å². The molecule has 0 aliphatic rings. The van der Waals surface area contributed by atoms with Gasteiger partial charge in [0.05, 0.1) is 12.3 Å². The molecule has 1 aromatic heterocycles. The molecule has 0 spiro atoms. The molecular formula is C9H13N3O2. The smallest absolute Gasteiger partial charge is 0.323 e. The minimum Gasteiger partial charge on any atom is -0.465 e. The minimum atomic E-state index is -0.661. The molecule has 0 aliphatic carbocycles. The fraction of sp³-hybridized carbons (Fsp3) is 0.444. The Labute approximate surface area is 82.3 Å². The van der Waals surface area contributed by atoms with Crippen molar-refractivity contribution in [2.24, 2.45) is 5.73 Å². The van der Waals surface area contributed by atoms with Crippen LogP contribution in [0.15, 0.2) is 18.6 Å². The number of rotatable bonds is 4. The molecule has 0 saturated heterocycles. The monoisotopic (exact) mass is 195 g/mol. The van der Waals surface area contributed by atoms with E-state index in [9.17, 15) is 4.79 Å². The lowest BCUT2D eigenvalue weighted by Gasteiger charge is -2.08. The van der Waals surface area contributed by atoms with E-state index in [2.05, 4.69) is 9.97 Å². The van der Waals surface area contributed by atoms with Gasteiger partial charge in [0.25, 0.3) is 0 Å². The lowest BCUT2D eigenvalue weighted by atomic mass is 10.2. The van der Waals surface area contributed by atoms with Gasteiger partial charge in [-0.3, -0.25) is 14.8 Å². The van der Waals surface area contributed by atoms with E-state index in [1.807, 2.05) is 0 Å². The highest BCUT2D eigenvalue weighted by Crippen LogP contribution is 1.97. The summed E-state index contributed by atoms with van der Waals surface area (Å²) in [6.45, 7) is 2.08. The zero-order valence-corrected chi connectivity index (χ0v) is 8.01. The van der Waals surface area contributed by atoms with E-state index in [-0.39, 0.29) is 0 Å². The van der Waals surface area contributed by atoms with Gasteiger partial charge in [0.1, 0.15) is 6.04 Å². The number of hydrogen-bond acceptors (Lipinski definition) is 5. The molecule has 14 heavy (non-hydrogen) atoms. The molecule has 1 aromatic rings. The Morgan fingerprint density at radius 3 is 3.00 bits per heavy atom. The molecule has 0 bridgehead atoms. The van der Waals surface area contributed by atoms with Crippen molar-refractivity contribution in [2.45, 2.75) is 19.4 Å². The van der Waals surface area contributed by atoms with Gasteiger partial charge >= 0.3 is 5.97 Å². The Bertz CT molecular complexity index is 289. The van der Waals surface area contributed by atoms with Gasteiger partial charge in [-0.1, -0.05) is 0 Å².